The fraction of sp³-hybridized carbons (Fsp3) is 0.263. The lowest BCUT2D eigenvalue weighted by molar-refractivity contribution is -0.128. The molecule has 2 amide bonds. The van der Waals surface area contributed by atoms with Gasteiger partial charge in [-0.05, 0) is 29.7 Å². The minimum atomic E-state index is -0.00836. The normalized spacial score (nSPS) is 10.2. The number of hydrogen-bond donors (Lipinski definition) is 1. The lowest BCUT2D eigenvalue weighted by Crippen LogP contribution is -2.23. The third-order valence-corrected chi connectivity index (χ3v) is 3.58. The fourth-order valence-electron chi connectivity index (χ4n) is 2.16. The molecule has 4 nitrogen and oxygen atoms in total. The summed E-state index contributed by atoms with van der Waals surface area (Å²) in [5.41, 5.74) is 2.84. The number of aryl methyl sites for hydroxylation is 1. The number of nitrogens with zero attached hydrogens (tertiary/aromatic N) is 1. The molecule has 0 aliphatic heterocycles. The molecule has 2 aromatic carbocycles. The van der Waals surface area contributed by atoms with E-state index in [0.717, 1.165) is 23.2 Å². The zero-order valence-corrected chi connectivity index (χ0v) is 13.6. The van der Waals surface area contributed by atoms with Crippen LogP contribution in [0.15, 0.2) is 54.6 Å². The van der Waals surface area contributed by atoms with Gasteiger partial charge in [0, 0.05) is 26.2 Å². The van der Waals surface area contributed by atoms with E-state index in [1.807, 2.05) is 54.6 Å². The summed E-state index contributed by atoms with van der Waals surface area (Å²) in [5, 5.41) is 2.88. The van der Waals surface area contributed by atoms with Crippen LogP contribution in [0.1, 0.15) is 17.5 Å². The Morgan fingerprint density at radius 1 is 0.913 bits per heavy atom. The molecule has 0 spiro atoms. The lowest BCUT2D eigenvalue weighted by atomic mass is 10.1. The van der Waals surface area contributed by atoms with Gasteiger partial charge >= 0.3 is 0 Å². The Morgan fingerprint density at radius 3 is 2.17 bits per heavy atom. The number of rotatable bonds is 6. The number of benzene rings is 2. The molecule has 2 aromatic rings. The monoisotopic (exact) mass is 310 g/mol. The van der Waals surface area contributed by atoms with E-state index in [0.29, 0.717) is 12.8 Å². The van der Waals surface area contributed by atoms with E-state index in [1.54, 1.807) is 19.0 Å². The summed E-state index contributed by atoms with van der Waals surface area (Å²) in [4.78, 5) is 25.2. The molecular weight excluding hydrogens is 288 g/mol. The zero-order chi connectivity index (χ0) is 16.7. The minimum absolute atomic E-state index is 0.00836. The highest BCUT2D eigenvalue weighted by atomic mass is 16.2. The Bertz CT molecular complexity index is 649. The highest BCUT2D eigenvalue weighted by Gasteiger charge is 2.06. The van der Waals surface area contributed by atoms with Gasteiger partial charge in [0.1, 0.15) is 0 Å². The van der Waals surface area contributed by atoms with Gasteiger partial charge < -0.3 is 10.2 Å². The Labute approximate surface area is 137 Å². The van der Waals surface area contributed by atoms with Crippen molar-refractivity contribution in [2.45, 2.75) is 19.3 Å². The molecular formula is C19H22N2O2. The van der Waals surface area contributed by atoms with Crippen molar-refractivity contribution >= 4 is 17.5 Å². The third-order valence-electron chi connectivity index (χ3n) is 3.58. The molecule has 0 aliphatic carbocycles. The molecule has 0 aliphatic rings. The maximum absolute atomic E-state index is 12.0. The first-order valence-electron chi connectivity index (χ1n) is 7.67. The van der Waals surface area contributed by atoms with Crippen LogP contribution >= 0.6 is 0 Å². The van der Waals surface area contributed by atoms with Gasteiger partial charge in [-0.15, -0.1) is 0 Å². The summed E-state index contributed by atoms with van der Waals surface area (Å²) in [7, 11) is 3.48. The van der Waals surface area contributed by atoms with Crippen LogP contribution in [0.5, 0.6) is 0 Å². The van der Waals surface area contributed by atoms with Crippen LogP contribution in [0.2, 0.25) is 0 Å². The Balaban J connectivity index is 1.83. The van der Waals surface area contributed by atoms with Crippen LogP contribution in [0.3, 0.4) is 0 Å². The maximum Gasteiger partial charge on any atom is 0.226 e. The third kappa shape index (κ3) is 5.58. The maximum atomic E-state index is 12.0. The quantitative estimate of drug-likeness (QED) is 0.892. The van der Waals surface area contributed by atoms with Gasteiger partial charge in [0.25, 0.3) is 0 Å². The van der Waals surface area contributed by atoms with Crippen molar-refractivity contribution < 1.29 is 9.59 Å². The van der Waals surface area contributed by atoms with Crippen LogP contribution in [0.25, 0.3) is 0 Å². The molecule has 0 heterocycles. The van der Waals surface area contributed by atoms with Crippen molar-refractivity contribution in [3.63, 3.8) is 0 Å². The number of hydrogen-bond acceptors (Lipinski definition) is 2. The number of carbonyl (C=O) groups is 2. The number of likely N-dealkylation sites (N-methyl/N-ethyl adjacent to an activating group) is 1. The second-order valence-electron chi connectivity index (χ2n) is 5.70. The molecule has 0 aromatic heterocycles. The highest BCUT2D eigenvalue weighted by Crippen LogP contribution is 2.12. The van der Waals surface area contributed by atoms with Crippen LogP contribution in [-0.2, 0) is 22.4 Å². The summed E-state index contributed by atoms with van der Waals surface area (Å²) >= 11 is 0. The predicted molar refractivity (Wildman–Crippen MR) is 92.2 cm³/mol. The smallest absolute Gasteiger partial charge is 0.226 e. The van der Waals surface area contributed by atoms with Gasteiger partial charge in [-0.2, -0.15) is 0 Å². The van der Waals surface area contributed by atoms with E-state index < -0.39 is 0 Å². The molecule has 0 atom stereocenters. The van der Waals surface area contributed by atoms with Gasteiger partial charge in [-0.1, -0.05) is 42.5 Å². The van der Waals surface area contributed by atoms with Crippen molar-refractivity contribution in [3.05, 3.63) is 65.7 Å². The first-order valence-corrected chi connectivity index (χ1v) is 7.67. The van der Waals surface area contributed by atoms with E-state index in [1.165, 1.54) is 0 Å². The zero-order valence-electron chi connectivity index (χ0n) is 13.6. The van der Waals surface area contributed by atoms with E-state index in [9.17, 15) is 9.59 Å². The van der Waals surface area contributed by atoms with E-state index >= 15 is 0 Å². The average Bonchev–Trinajstić information content (AvgIpc) is 2.55. The van der Waals surface area contributed by atoms with Crippen molar-refractivity contribution in [2.24, 2.45) is 0 Å². The van der Waals surface area contributed by atoms with Gasteiger partial charge in [-0.25, -0.2) is 0 Å². The molecule has 120 valence electrons. The number of anilines is 1. The van der Waals surface area contributed by atoms with E-state index in [-0.39, 0.29) is 11.8 Å². The average molecular weight is 310 g/mol. The molecule has 0 saturated carbocycles. The first-order chi connectivity index (χ1) is 11.0. The minimum Gasteiger partial charge on any atom is -0.349 e. The van der Waals surface area contributed by atoms with Crippen molar-refractivity contribution in [2.75, 3.05) is 19.4 Å². The second-order valence-corrected chi connectivity index (χ2v) is 5.70. The lowest BCUT2D eigenvalue weighted by Gasteiger charge is -2.10. The summed E-state index contributed by atoms with van der Waals surface area (Å²) < 4.78 is 0. The van der Waals surface area contributed by atoms with Crippen molar-refractivity contribution in [1.82, 2.24) is 4.90 Å². The molecule has 4 heteroatoms. The Kier molecular flexibility index (Phi) is 5.92. The molecule has 23 heavy (non-hydrogen) atoms. The molecule has 0 bridgehead atoms. The second kappa shape index (κ2) is 8.13. The summed E-state index contributed by atoms with van der Waals surface area (Å²) in [6, 6.07) is 17.3. The van der Waals surface area contributed by atoms with Crippen LogP contribution in [0, 0.1) is 0 Å². The molecule has 1 N–H and O–H groups in total. The van der Waals surface area contributed by atoms with E-state index in [2.05, 4.69) is 5.32 Å². The summed E-state index contributed by atoms with van der Waals surface area (Å²) in [6.07, 6.45) is 1.54. The summed E-state index contributed by atoms with van der Waals surface area (Å²) in [5.74, 6) is 0.0515. The predicted octanol–water partition coefficient (Wildman–Crippen LogP) is 2.89. The SMILES string of the molecule is CN(C)C(=O)Cc1ccc(NC(=O)CCc2ccccc2)cc1. The van der Waals surface area contributed by atoms with Gasteiger partial charge in [-0.3, -0.25) is 9.59 Å². The van der Waals surface area contributed by atoms with Crippen molar-refractivity contribution in [3.8, 4) is 0 Å². The van der Waals surface area contributed by atoms with Crippen LogP contribution in [0.4, 0.5) is 5.69 Å². The van der Waals surface area contributed by atoms with Gasteiger partial charge in [0.05, 0.1) is 6.42 Å². The van der Waals surface area contributed by atoms with Crippen molar-refractivity contribution in [1.29, 1.82) is 0 Å². The van der Waals surface area contributed by atoms with Crippen LogP contribution in [-0.4, -0.2) is 30.8 Å². The molecule has 0 saturated heterocycles. The summed E-state index contributed by atoms with van der Waals surface area (Å²) in [6.45, 7) is 0. The number of amides is 2. The number of carbonyl (C=O) groups excluding carboxylic acids is 2. The molecule has 2 rings (SSSR count). The first kappa shape index (κ1) is 16.7. The number of nitrogens with one attached hydrogen (secondary N) is 1. The standard InChI is InChI=1S/C19H22N2O2/c1-21(2)19(23)14-16-8-11-17(12-9-16)20-18(22)13-10-15-6-4-3-5-7-15/h3-9,11-12H,10,13-14H2,1-2H3,(H,20,22). The van der Waals surface area contributed by atoms with Crippen LogP contribution < -0.4 is 5.32 Å². The van der Waals surface area contributed by atoms with Gasteiger partial charge in [0.2, 0.25) is 11.8 Å². The molecule has 0 radical (unpaired) electrons. The Hall–Kier alpha value is -2.62. The van der Waals surface area contributed by atoms with E-state index in [4.69, 9.17) is 0 Å². The van der Waals surface area contributed by atoms with Gasteiger partial charge in [0.15, 0.2) is 0 Å². The largest absolute Gasteiger partial charge is 0.349 e. The Morgan fingerprint density at radius 2 is 1.57 bits per heavy atom. The molecule has 0 unspecified atom stereocenters. The fourth-order valence-corrected chi connectivity index (χ4v) is 2.16. The highest BCUT2D eigenvalue weighted by molar-refractivity contribution is 5.90. The molecule has 0 fully saturated rings. The topological polar surface area (TPSA) is 49.4 Å².